The quantitative estimate of drug-likeness (QED) is 0.120. The van der Waals surface area contributed by atoms with Crippen molar-refractivity contribution in [2.45, 2.75) is 0 Å². The van der Waals surface area contributed by atoms with Gasteiger partial charge in [-0.3, -0.25) is 0 Å². The molecular formula is C108H67B3N2O4. The number of benzene rings is 18. The minimum absolute atomic E-state index is 0.351. The Balaban J connectivity index is 0.891. The maximum atomic E-state index is 8.34. The number of hydrogen-bond donors (Lipinski definition) is 0. The van der Waals surface area contributed by atoms with Gasteiger partial charge in [0.25, 0.3) is 20.1 Å². The molecule has 9 heteroatoms. The summed E-state index contributed by atoms with van der Waals surface area (Å²) in [5.41, 5.74) is 34.0. The Hall–Kier alpha value is -15.0. The van der Waals surface area contributed by atoms with Crippen molar-refractivity contribution in [1.29, 1.82) is 0 Å². The van der Waals surface area contributed by atoms with E-state index < -0.39 is 6.71 Å². The van der Waals surface area contributed by atoms with Crippen LogP contribution in [-0.2, 0) is 0 Å². The summed E-state index contributed by atoms with van der Waals surface area (Å²) in [7, 11) is 0. The molecular weight excluding hydrogens is 1420 g/mol. The van der Waals surface area contributed by atoms with Crippen LogP contribution in [0, 0.1) is 0 Å². The van der Waals surface area contributed by atoms with Crippen molar-refractivity contribution in [3.63, 3.8) is 0 Å². The molecule has 0 saturated heterocycles. The van der Waals surface area contributed by atoms with Crippen LogP contribution in [0.3, 0.4) is 0 Å². The van der Waals surface area contributed by atoms with Gasteiger partial charge in [0, 0.05) is 68.1 Å². The summed E-state index contributed by atoms with van der Waals surface area (Å²) >= 11 is 0. The highest BCUT2D eigenvalue weighted by molar-refractivity contribution is 7.05. The third kappa shape index (κ3) is 10.6. The van der Waals surface area contributed by atoms with Crippen LogP contribution in [0.1, 0.15) is 0 Å². The molecule has 0 N–H and O–H groups in total. The van der Waals surface area contributed by atoms with Crippen molar-refractivity contribution in [1.82, 2.24) is 0 Å². The average molecular weight is 1490 g/mol. The van der Waals surface area contributed by atoms with Crippen LogP contribution >= 0.6 is 0 Å². The molecule has 0 amide bonds. The van der Waals surface area contributed by atoms with Gasteiger partial charge in [-0.1, -0.05) is 358 Å². The SMILES string of the molecule is c1ccc(-c2ccc3c(c2)Oc2cc4c(c5c2B3c2ccc(-c3ccccc3)cc2O5)B2c3c(cc(-c5ccccc5)cc3N(c3c(-c5ccccc5)cccc3-c3ccccc3)c3cc5c6c(c32)Oc2cc(-c3ccccc3)ccc2B6c2ccc(-c3ccccc3)cc2O5)N4c2c(-c3ccccc3)cccc2-c2ccccc2)cc1. The van der Waals surface area contributed by atoms with Crippen LogP contribution in [-0.4, -0.2) is 20.1 Å². The summed E-state index contributed by atoms with van der Waals surface area (Å²) in [5, 5.41) is 0. The van der Waals surface area contributed by atoms with E-state index in [-0.39, 0.29) is 13.4 Å². The smallest absolute Gasteiger partial charge is 0.261 e. The Morgan fingerprint density at radius 3 is 0.692 bits per heavy atom. The lowest BCUT2D eigenvalue weighted by molar-refractivity contribution is 0.467. The molecule has 18 aromatic carbocycles. The molecule has 0 radical (unpaired) electrons. The summed E-state index contributed by atoms with van der Waals surface area (Å²) < 4.78 is 32.4. The molecule has 0 unspecified atom stereocenters. The number of hydrogen-bond acceptors (Lipinski definition) is 6. The molecule has 6 aliphatic rings. The molecule has 0 saturated carbocycles. The van der Waals surface area contributed by atoms with Gasteiger partial charge in [-0.2, -0.15) is 0 Å². The maximum Gasteiger partial charge on any atom is 0.261 e. The monoisotopic (exact) mass is 1490 g/mol. The Bertz CT molecular complexity index is 6530. The van der Waals surface area contributed by atoms with E-state index in [9.17, 15) is 0 Å². The average Bonchev–Trinajstić information content (AvgIpc) is 0.666. The number of rotatable bonds is 11. The molecule has 6 nitrogen and oxygen atoms in total. The number of ether oxygens (including phenoxy) is 4. The first-order chi connectivity index (χ1) is 58.0. The van der Waals surface area contributed by atoms with E-state index in [1.165, 1.54) is 0 Å². The standard InChI is InChI=1S/C108H67B3N2O4/c1-10-30-68(31-11-1)77-52-56-86-94(62-77)114-98-66-92-101(107-103(98)109(86)88-58-54-79(64-96(88)116-107)70-34-14-3-15-35-70)111-100-90(112(92)105-82(73-40-20-6-21-41-73)48-28-49-83(105)74-42-22-7-23-43-74)60-81(72-38-18-5-19-39-72)61-91(100)113(106-84(75-44-24-8-25-45-75)50-29-51-85(106)76-46-26-9-27-47-76)93-67-99-104-108(102(93)111)117-97-65-80(71-36-16-4-17-37-71)55-59-89(97)110(104)87-57-53-78(63-95(87)115-99)69-32-12-2-13-33-69/h1-67H. The second-order valence-electron chi connectivity index (χ2n) is 31.1. The zero-order valence-corrected chi connectivity index (χ0v) is 63.4. The molecule has 542 valence electrons. The van der Waals surface area contributed by atoms with E-state index in [1.807, 2.05) is 0 Å². The second-order valence-corrected chi connectivity index (χ2v) is 31.1. The molecule has 0 atom stereocenters. The topological polar surface area (TPSA) is 43.4 Å². The highest BCUT2D eigenvalue weighted by atomic mass is 16.5. The number of anilines is 6. The fraction of sp³-hybridized carbons (Fsp3) is 0. The van der Waals surface area contributed by atoms with Gasteiger partial charge >= 0.3 is 0 Å². The Labute approximate surface area is 680 Å². The van der Waals surface area contributed by atoms with Crippen LogP contribution in [0.2, 0.25) is 0 Å². The van der Waals surface area contributed by atoms with Gasteiger partial charge in [0.15, 0.2) is 0 Å². The molecule has 0 aromatic heterocycles. The fourth-order valence-corrected chi connectivity index (χ4v) is 19.5. The highest BCUT2D eigenvalue weighted by Gasteiger charge is 2.55. The number of fused-ring (bicyclic) bond motifs is 14. The highest BCUT2D eigenvalue weighted by Crippen LogP contribution is 2.57. The van der Waals surface area contributed by atoms with E-state index >= 15 is 0 Å². The third-order valence-electron chi connectivity index (χ3n) is 24.7. The predicted molar refractivity (Wildman–Crippen MR) is 485 cm³/mol. The summed E-state index contributed by atoms with van der Waals surface area (Å²) in [4.78, 5) is 5.21. The van der Waals surface area contributed by atoms with Crippen LogP contribution in [0.25, 0.3) is 100 Å². The summed E-state index contributed by atoms with van der Waals surface area (Å²) in [5.74, 6) is 6.00. The Morgan fingerprint density at radius 1 is 0.162 bits per heavy atom. The second kappa shape index (κ2) is 26.8. The van der Waals surface area contributed by atoms with E-state index in [0.29, 0.717) is 11.5 Å². The van der Waals surface area contributed by atoms with Crippen molar-refractivity contribution in [3.05, 3.63) is 406 Å². The van der Waals surface area contributed by atoms with Gasteiger partial charge in [-0.05, 0) is 153 Å². The summed E-state index contributed by atoms with van der Waals surface area (Å²) in [6.07, 6.45) is 0. The summed E-state index contributed by atoms with van der Waals surface area (Å²) in [6, 6.07) is 148. The van der Waals surface area contributed by atoms with Gasteiger partial charge in [0.1, 0.15) is 46.0 Å². The van der Waals surface area contributed by atoms with Crippen molar-refractivity contribution in [2.75, 3.05) is 9.80 Å². The first-order valence-corrected chi connectivity index (χ1v) is 40.3. The fourth-order valence-electron chi connectivity index (χ4n) is 19.5. The first kappa shape index (κ1) is 66.6. The van der Waals surface area contributed by atoms with Gasteiger partial charge in [0.2, 0.25) is 0 Å². The van der Waals surface area contributed by atoms with E-state index in [1.54, 1.807) is 0 Å². The maximum absolute atomic E-state index is 8.34. The van der Waals surface area contributed by atoms with Crippen molar-refractivity contribution in [3.8, 4) is 146 Å². The third-order valence-corrected chi connectivity index (χ3v) is 24.7. The van der Waals surface area contributed by atoms with E-state index in [2.05, 4.69) is 416 Å². The van der Waals surface area contributed by atoms with Gasteiger partial charge in [-0.15, -0.1) is 0 Å². The number of para-hydroxylation sites is 2. The van der Waals surface area contributed by atoms with Crippen molar-refractivity contribution in [2.24, 2.45) is 0 Å². The van der Waals surface area contributed by atoms with Crippen molar-refractivity contribution < 1.29 is 18.9 Å². The molecule has 6 heterocycles. The molecule has 0 fully saturated rings. The predicted octanol–water partition coefficient (Wildman–Crippen LogP) is 22.2. The molecule has 117 heavy (non-hydrogen) atoms. The van der Waals surface area contributed by atoms with Gasteiger partial charge in [-0.25, -0.2) is 0 Å². The molecule has 0 aliphatic carbocycles. The summed E-state index contributed by atoms with van der Waals surface area (Å²) in [6.45, 7) is -1.36. The zero-order chi connectivity index (χ0) is 76.8. The van der Waals surface area contributed by atoms with Crippen LogP contribution in [0.5, 0.6) is 46.0 Å². The van der Waals surface area contributed by atoms with Crippen molar-refractivity contribution >= 4 is 103 Å². The lowest BCUT2D eigenvalue weighted by atomic mass is 9.28. The zero-order valence-electron chi connectivity index (χ0n) is 63.4. The molecule has 0 spiro atoms. The Morgan fingerprint density at radius 2 is 0.410 bits per heavy atom. The van der Waals surface area contributed by atoms with Crippen LogP contribution in [0.4, 0.5) is 34.1 Å². The number of nitrogens with zero attached hydrogens (tertiary/aromatic N) is 2. The Kier molecular flexibility index (Phi) is 15.3. The molecule has 18 aromatic rings. The van der Waals surface area contributed by atoms with Crippen LogP contribution < -0.4 is 77.9 Å². The minimum Gasteiger partial charge on any atom is -0.459 e. The van der Waals surface area contributed by atoms with Gasteiger partial charge < -0.3 is 28.7 Å². The van der Waals surface area contributed by atoms with Crippen LogP contribution in [0.15, 0.2) is 406 Å². The molecule has 0 bridgehead atoms. The minimum atomic E-state index is -0.659. The normalized spacial score (nSPS) is 13.0. The van der Waals surface area contributed by atoms with Gasteiger partial charge in [0.05, 0.1) is 11.4 Å². The lowest BCUT2D eigenvalue weighted by Gasteiger charge is -2.48. The molecule has 6 aliphatic heterocycles. The van der Waals surface area contributed by atoms with E-state index in [4.69, 9.17) is 18.9 Å². The lowest BCUT2D eigenvalue weighted by Crippen LogP contribution is -2.66. The van der Waals surface area contributed by atoms with E-state index in [0.717, 1.165) is 218 Å². The largest absolute Gasteiger partial charge is 0.459 e. The first-order valence-electron chi connectivity index (χ1n) is 40.3. The molecule has 24 rings (SSSR count).